The maximum atomic E-state index is 13.6. The number of aromatic nitrogens is 1. The maximum absolute atomic E-state index is 13.6. The van der Waals surface area contributed by atoms with Crippen LogP contribution in [0.25, 0.3) is 0 Å². The van der Waals surface area contributed by atoms with Crippen LogP contribution < -0.4 is 30.3 Å². The lowest BCUT2D eigenvalue weighted by molar-refractivity contribution is -0.142. The van der Waals surface area contributed by atoms with E-state index >= 15 is 0 Å². The number of carbonyl (C=O) groups excluding carboxylic acids is 4. The molecule has 3 amide bonds. The third kappa shape index (κ3) is 15.1. The number of aryl methyl sites for hydroxylation is 4. The van der Waals surface area contributed by atoms with Crippen molar-refractivity contribution in [1.29, 1.82) is 0 Å². The molecule has 0 radical (unpaired) electrons. The molecule has 0 spiro atoms. The molecule has 0 saturated carbocycles. The SMILES string of the molecule is COC(=O)[C@@H](CNC(=O)CCCc1ccc2c(n1)N(C(=O)OC(C)(C)C)CCC2)NS(=O)(=O)c1c(C)cc(OCCCC(=O)NCCNC(C)(C)C)cc1C. The first kappa shape index (κ1) is 45.1. The highest BCUT2D eigenvalue weighted by Crippen LogP contribution is 2.28. The molecule has 16 heteroatoms. The molecule has 15 nitrogen and oxygen atoms in total. The van der Waals surface area contributed by atoms with Crippen LogP contribution in [0.3, 0.4) is 0 Å². The molecule has 2 aromatic rings. The number of fused-ring (bicyclic) bond motifs is 1. The van der Waals surface area contributed by atoms with Crippen LogP contribution in [0, 0.1) is 13.8 Å². The molecule has 55 heavy (non-hydrogen) atoms. The van der Waals surface area contributed by atoms with E-state index in [0.717, 1.165) is 25.5 Å². The van der Waals surface area contributed by atoms with Gasteiger partial charge in [0.25, 0.3) is 0 Å². The van der Waals surface area contributed by atoms with Crippen molar-refractivity contribution in [2.75, 3.05) is 44.8 Å². The molecule has 306 valence electrons. The van der Waals surface area contributed by atoms with Gasteiger partial charge in [0.1, 0.15) is 23.2 Å². The quantitative estimate of drug-likeness (QED) is 0.126. The molecule has 0 bridgehead atoms. The van der Waals surface area contributed by atoms with Gasteiger partial charge in [-0.2, -0.15) is 4.72 Å². The summed E-state index contributed by atoms with van der Waals surface area (Å²) >= 11 is 0. The number of pyridine rings is 1. The lowest BCUT2D eigenvalue weighted by Gasteiger charge is -2.31. The number of sulfonamides is 1. The number of benzene rings is 1. The Morgan fingerprint density at radius 2 is 1.58 bits per heavy atom. The van der Waals surface area contributed by atoms with E-state index in [1.807, 2.05) is 32.9 Å². The summed E-state index contributed by atoms with van der Waals surface area (Å²) in [6, 6.07) is 5.62. The highest BCUT2D eigenvalue weighted by Gasteiger charge is 2.30. The number of ether oxygens (including phenoxy) is 3. The molecule has 2 heterocycles. The predicted octanol–water partition coefficient (Wildman–Crippen LogP) is 4.01. The zero-order chi connectivity index (χ0) is 41.0. The smallest absolute Gasteiger partial charge is 0.416 e. The first-order chi connectivity index (χ1) is 25.7. The monoisotopic (exact) mass is 788 g/mol. The van der Waals surface area contributed by atoms with Gasteiger partial charge in [0, 0.05) is 50.3 Å². The van der Waals surface area contributed by atoms with Gasteiger partial charge in [-0.3, -0.25) is 19.3 Å². The van der Waals surface area contributed by atoms with Gasteiger partial charge in [0.2, 0.25) is 21.8 Å². The maximum Gasteiger partial charge on any atom is 0.416 e. The molecule has 3 rings (SSSR count). The van der Waals surface area contributed by atoms with Crippen molar-refractivity contribution in [2.45, 2.75) is 122 Å². The first-order valence-corrected chi connectivity index (χ1v) is 20.3. The number of hydrogen-bond donors (Lipinski definition) is 4. The Morgan fingerprint density at radius 3 is 2.22 bits per heavy atom. The minimum absolute atomic E-state index is 0.0221. The number of esters is 1. The van der Waals surface area contributed by atoms with E-state index in [4.69, 9.17) is 19.2 Å². The molecule has 0 fully saturated rings. The number of nitrogens with zero attached hydrogens (tertiary/aromatic N) is 2. The lowest BCUT2D eigenvalue weighted by atomic mass is 10.0. The summed E-state index contributed by atoms with van der Waals surface area (Å²) in [5.41, 5.74) is 1.79. The topological polar surface area (TPSA) is 194 Å². The fourth-order valence-electron chi connectivity index (χ4n) is 5.98. The van der Waals surface area contributed by atoms with Gasteiger partial charge in [-0.15, -0.1) is 0 Å². The van der Waals surface area contributed by atoms with Crippen molar-refractivity contribution in [3.63, 3.8) is 0 Å². The van der Waals surface area contributed by atoms with Gasteiger partial charge in [0.05, 0.1) is 18.6 Å². The third-order valence-electron chi connectivity index (χ3n) is 8.46. The van der Waals surface area contributed by atoms with Gasteiger partial charge >= 0.3 is 12.1 Å². The second-order valence-electron chi connectivity index (χ2n) is 15.7. The molecule has 1 aromatic heterocycles. The second-order valence-corrected chi connectivity index (χ2v) is 17.4. The summed E-state index contributed by atoms with van der Waals surface area (Å²) in [5.74, 6) is -0.300. The summed E-state index contributed by atoms with van der Waals surface area (Å²) < 4.78 is 45.7. The molecule has 1 aromatic carbocycles. The number of amides is 3. The zero-order valence-electron chi connectivity index (χ0n) is 33.8. The average molecular weight is 789 g/mol. The van der Waals surface area contributed by atoms with Crippen LogP contribution in [0.5, 0.6) is 5.75 Å². The molecule has 0 saturated heterocycles. The highest BCUT2D eigenvalue weighted by molar-refractivity contribution is 7.89. The highest BCUT2D eigenvalue weighted by atomic mass is 32.2. The van der Waals surface area contributed by atoms with Crippen molar-refractivity contribution < 1.29 is 41.8 Å². The van der Waals surface area contributed by atoms with Crippen molar-refractivity contribution in [3.05, 3.63) is 46.6 Å². The number of carbonyl (C=O) groups is 4. The number of rotatable bonds is 18. The number of methoxy groups -OCH3 is 1. The normalized spacial score (nSPS) is 13.7. The van der Waals surface area contributed by atoms with E-state index < -0.39 is 33.7 Å². The van der Waals surface area contributed by atoms with E-state index in [0.29, 0.717) is 67.3 Å². The minimum atomic E-state index is -4.24. The van der Waals surface area contributed by atoms with E-state index in [-0.39, 0.29) is 48.2 Å². The van der Waals surface area contributed by atoms with Gasteiger partial charge in [0.15, 0.2) is 0 Å². The first-order valence-electron chi connectivity index (χ1n) is 18.8. The van der Waals surface area contributed by atoms with Gasteiger partial charge in [-0.25, -0.2) is 18.2 Å². The van der Waals surface area contributed by atoms with Gasteiger partial charge in [-0.1, -0.05) is 6.07 Å². The third-order valence-corrected chi connectivity index (χ3v) is 10.2. The summed E-state index contributed by atoms with van der Waals surface area (Å²) in [6.07, 6.45) is 2.89. The Balaban J connectivity index is 1.52. The molecule has 1 aliphatic rings. The number of hydrogen-bond acceptors (Lipinski definition) is 11. The fourth-order valence-corrected chi connectivity index (χ4v) is 7.61. The summed E-state index contributed by atoms with van der Waals surface area (Å²) in [7, 11) is -3.10. The van der Waals surface area contributed by atoms with Crippen molar-refractivity contribution in [2.24, 2.45) is 0 Å². The van der Waals surface area contributed by atoms with Gasteiger partial charge in [-0.05, 0) is 122 Å². The van der Waals surface area contributed by atoms with Gasteiger partial charge < -0.3 is 30.2 Å². The Kier molecular flexibility index (Phi) is 16.4. The van der Waals surface area contributed by atoms with Crippen LogP contribution in [0.1, 0.15) is 96.0 Å². The fraction of sp³-hybridized carbons (Fsp3) is 0.615. The Labute approximate surface area is 326 Å². The Bertz CT molecular complexity index is 1750. The molecule has 1 atom stereocenters. The van der Waals surface area contributed by atoms with Crippen molar-refractivity contribution >= 4 is 39.7 Å². The lowest BCUT2D eigenvalue weighted by Crippen LogP contribution is -2.49. The number of anilines is 1. The zero-order valence-corrected chi connectivity index (χ0v) is 34.7. The Hall–Kier alpha value is -4.28. The molecular weight excluding hydrogens is 729 g/mol. The van der Waals surface area contributed by atoms with Crippen LogP contribution in [-0.4, -0.2) is 94.4 Å². The van der Waals surface area contributed by atoms with E-state index in [9.17, 15) is 27.6 Å². The summed E-state index contributed by atoms with van der Waals surface area (Å²) in [4.78, 5) is 56.7. The standard InChI is InChI=1S/C39H60N6O9S/c1-26-23-30(53-22-12-16-32(46)40-19-20-42-38(3,4)5)24-27(2)34(26)55(50,51)44-31(36(48)52-9)25-41-33(47)15-10-14-29-18-17-28-13-11-21-45(35(28)43-29)37(49)54-39(6,7)8/h17-18,23-24,31,42,44H,10-16,19-22,25H2,1-9H3,(H,40,46)(H,41,47)/t31-/m1/s1. The largest absolute Gasteiger partial charge is 0.494 e. The summed E-state index contributed by atoms with van der Waals surface area (Å²) in [5, 5.41) is 8.81. The van der Waals surface area contributed by atoms with Crippen LogP contribution >= 0.6 is 0 Å². The molecule has 0 aliphatic carbocycles. The van der Waals surface area contributed by atoms with Crippen LogP contribution in [0.15, 0.2) is 29.2 Å². The minimum Gasteiger partial charge on any atom is -0.494 e. The van der Waals surface area contributed by atoms with E-state index in [2.05, 4.69) is 41.4 Å². The van der Waals surface area contributed by atoms with Crippen LogP contribution in [0.2, 0.25) is 0 Å². The number of nitrogens with one attached hydrogen (secondary N) is 4. The van der Waals surface area contributed by atoms with Crippen LogP contribution in [0.4, 0.5) is 10.6 Å². The van der Waals surface area contributed by atoms with Crippen molar-refractivity contribution in [3.8, 4) is 5.75 Å². The van der Waals surface area contributed by atoms with E-state index in [1.165, 1.54) is 0 Å². The van der Waals surface area contributed by atoms with Crippen LogP contribution in [-0.2, 0) is 46.7 Å². The Morgan fingerprint density at radius 1 is 0.927 bits per heavy atom. The molecular formula is C39H60N6O9S. The van der Waals surface area contributed by atoms with Crippen molar-refractivity contribution in [1.82, 2.24) is 25.7 Å². The molecule has 1 aliphatic heterocycles. The molecule has 0 unspecified atom stereocenters. The molecule has 4 N–H and O–H groups in total. The summed E-state index contributed by atoms with van der Waals surface area (Å²) in [6.45, 7) is 16.5. The second kappa shape index (κ2) is 20.1. The average Bonchev–Trinajstić information content (AvgIpc) is 3.08. The van der Waals surface area contributed by atoms with E-state index in [1.54, 1.807) is 30.9 Å². The predicted molar refractivity (Wildman–Crippen MR) is 210 cm³/mol.